The third-order valence-corrected chi connectivity index (χ3v) is 3.39. The van der Waals surface area contributed by atoms with Gasteiger partial charge in [-0.3, -0.25) is 9.69 Å². The summed E-state index contributed by atoms with van der Waals surface area (Å²) in [6.45, 7) is 7.69. The molecule has 4 nitrogen and oxygen atoms in total. The van der Waals surface area contributed by atoms with Gasteiger partial charge >= 0.3 is 5.97 Å². The molecule has 0 saturated carbocycles. The number of hydrogen-bond donors (Lipinski definition) is 1. The van der Waals surface area contributed by atoms with Crippen LogP contribution in [0.4, 0.5) is 0 Å². The Bertz CT molecular complexity index is 348. The summed E-state index contributed by atoms with van der Waals surface area (Å²) >= 11 is 1.57. The van der Waals surface area contributed by atoms with Gasteiger partial charge in [-0.05, 0) is 20.0 Å². The van der Waals surface area contributed by atoms with Crippen LogP contribution in [-0.4, -0.2) is 34.0 Å². The molecule has 0 aromatic carbocycles. The lowest BCUT2D eigenvalue weighted by Crippen LogP contribution is -2.30. The topological polar surface area (TPSA) is 53.4 Å². The van der Waals surface area contributed by atoms with Crippen molar-refractivity contribution >= 4 is 17.3 Å². The average Bonchev–Trinajstić information content (AvgIpc) is 2.64. The van der Waals surface area contributed by atoms with Gasteiger partial charge in [-0.15, -0.1) is 11.3 Å². The maximum atomic E-state index is 10.9. The van der Waals surface area contributed by atoms with Gasteiger partial charge in [0.15, 0.2) is 0 Å². The van der Waals surface area contributed by atoms with Crippen LogP contribution >= 0.6 is 11.3 Å². The van der Waals surface area contributed by atoms with Gasteiger partial charge in [0.25, 0.3) is 0 Å². The molecule has 1 rings (SSSR count). The Balaban J connectivity index is 2.90. The third-order valence-electron chi connectivity index (χ3n) is 2.60. The number of carboxylic acid groups (broad SMARTS) is 1. The molecular weight excluding hydrogens is 224 g/mol. The molecule has 90 valence electrons. The number of aliphatic carboxylic acids is 1. The van der Waals surface area contributed by atoms with E-state index < -0.39 is 5.97 Å². The zero-order valence-corrected chi connectivity index (χ0v) is 10.8. The highest BCUT2D eigenvalue weighted by Gasteiger charge is 2.23. The number of rotatable bonds is 6. The second kappa shape index (κ2) is 5.96. The SMILES string of the molecule is CCN(CC)C(CC(=O)O)c1csc(C)n1. The highest BCUT2D eigenvalue weighted by atomic mass is 32.1. The molecule has 1 N–H and O–H groups in total. The van der Waals surface area contributed by atoms with E-state index in [9.17, 15) is 4.79 Å². The predicted octanol–water partition coefficient (Wildman–Crippen LogP) is 2.31. The smallest absolute Gasteiger partial charge is 0.305 e. The Morgan fingerprint density at radius 3 is 2.56 bits per heavy atom. The van der Waals surface area contributed by atoms with Gasteiger partial charge in [-0.2, -0.15) is 0 Å². The standard InChI is InChI=1S/C11H18N2O2S/c1-4-13(5-2)10(6-11(14)15)9-7-16-8(3)12-9/h7,10H,4-6H2,1-3H3,(H,14,15). The molecule has 0 bridgehead atoms. The largest absolute Gasteiger partial charge is 0.481 e. The molecule has 1 aromatic heterocycles. The number of carbonyl (C=O) groups is 1. The third kappa shape index (κ3) is 3.28. The van der Waals surface area contributed by atoms with Crippen molar-refractivity contribution < 1.29 is 9.90 Å². The number of aromatic nitrogens is 1. The first-order valence-corrected chi connectivity index (χ1v) is 6.34. The van der Waals surface area contributed by atoms with Crippen molar-refractivity contribution in [3.05, 3.63) is 16.1 Å². The van der Waals surface area contributed by atoms with Crippen LogP contribution in [0.3, 0.4) is 0 Å². The molecule has 5 heteroatoms. The Morgan fingerprint density at radius 1 is 1.56 bits per heavy atom. The van der Waals surface area contributed by atoms with E-state index in [1.54, 1.807) is 11.3 Å². The van der Waals surface area contributed by atoms with Crippen molar-refractivity contribution in [2.75, 3.05) is 13.1 Å². The lowest BCUT2D eigenvalue weighted by molar-refractivity contribution is -0.138. The van der Waals surface area contributed by atoms with Crippen molar-refractivity contribution in [2.24, 2.45) is 0 Å². The summed E-state index contributed by atoms with van der Waals surface area (Å²) in [7, 11) is 0. The van der Waals surface area contributed by atoms with Crippen LogP contribution in [0.1, 0.15) is 37.0 Å². The van der Waals surface area contributed by atoms with Crippen molar-refractivity contribution in [2.45, 2.75) is 33.2 Å². The molecule has 0 aliphatic rings. The van der Waals surface area contributed by atoms with Gasteiger partial charge in [0.05, 0.1) is 23.2 Å². The molecule has 1 unspecified atom stereocenters. The minimum atomic E-state index is -0.775. The molecule has 0 saturated heterocycles. The van der Waals surface area contributed by atoms with E-state index in [-0.39, 0.29) is 12.5 Å². The molecule has 16 heavy (non-hydrogen) atoms. The van der Waals surface area contributed by atoms with E-state index in [1.807, 2.05) is 26.2 Å². The molecule has 0 fully saturated rings. The van der Waals surface area contributed by atoms with Crippen molar-refractivity contribution in [3.8, 4) is 0 Å². The Hall–Kier alpha value is -0.940. The van der Waals surface area contributed by atoms with E-state index in [0.717, 1.165) is 23.8 Å². The summed E-state index contributed by atoms with van der Waals surface area (Å²) in [5.41, 5.74) is 0.883. The second-order valence-corrected chi connectivity index (χ2v) is 4.69. The van der Waals surface area contributed by atoms with Gasteiger partial charge < -0.3 is 5.11 Å². The molecule has 0 aliphatic carbocycles. The minimum Gasteiger partial charge on any atom is -0.481 e. The van der Waals surface area contributed by atoms with Crippen LogP contribution in [0, 0.1) is 6.92 Å². The maximum absolute atomic E-state index is 10.9. The van der Waals surface area contributed by atoms with Crippen molar-refractivity contribution in [1.82, 2.24) is 9.88 Å². The van der Waals surface area contributed by atoms with Crippen LogP contribution in [-0.2, 0) is 4.79 Å². The van der Waals surface area contributed by atoms with E-state index in [1.165, 1.54) is 0 Å². The Labute approximate surface area is 99.9 Å². The fraction of sp³-hybridized carbons (Fsp3) is 0.636. The van der Waals surface area contributed by atoms with E-state index in [2.05, 4.69) is 9.88 Å². The predicted molar refractivity (Wildman–Crippen MR) is 64.8 cm³/mol. The van der Waals surface area contributed by atoms with E-state index in [0.29, 0.717) is 0 Å². The summed E-state index contributed by atoms with van der Waals surface area (Å²) in [6, 6.07) is -0.0996. The van der Waals surface area contributed by atoms with E-state index in [4.69, 9.17) is 5.11 Å². The zero-order chi connectivity index (χ0) is 12.1. The van der Waals surface area contributed by atoms with Crippen LogP contribution in [0.25, 0.3) is 0 Å². The number of thiazole rings is 1. The second-order valence-electron chi connectivity index (χ2n) is 3.63. The summed E-state index contributed by atoms with van der Waals surface area (Å²) in [4.78, 5) is 17.4. The van der Waals surface area contributed by atoms with Crippen LogP contribution in [0.5, 0.6) is 0 Å². The first-order valence-electron chi connectivity index (χ1n) is 5.46. The van der Waals surface area contributed by atoms with Gasteiger partial charge in [0.2, 0.25) is 0 Å². The van der Waals surface area contributed by atoms with Gasteiger partial charge in [0.1, 0.15) is 0 Å². The molecule has 1 atom stereocenters. The molecule has 0 aliphatic heterocycles. The first-order chi connectivity index (χ1) is 7.58. The number of hydrogen-bond acceptors (Lipinski definition) is 4. The zero-order valence-electron chi connectivity index (χ0n) is 9.93. The van der Waals surface area contributed by atoms with Crippen molar-refractivity contribution in [1.29, 1.82) is 0 Å². The van der Waals surface area contributed by atoms with Crippen LogP contribution < -0.4 is 0 Å². The molecular formula is C11H18N2O2S. The molecule has 1 heterocycles. The van der Waals surface area contributed by atoms with Crippen LogP contribution in [0.2, 0.25) is 0 Å². The average molecular weight is 242 g/mol. The number of carboxylic acids is 1. The van der Waals surface area contributed by atoms with Gasteiger partial charge in [0, 0.05) is 5.38 Å². The minimum absolute atomic E-state index is 0.0996. The van der Waals surface area contributed by atoms with Gasteiger partial charge in [-0.1, -0.05) is 13.8 Å². The lowest BCUT2D eigenvalue weighted by atomic mass is 10.1. The molecule has 0 spiro atoms. The monoisotopic (exact) mass is 242 g/mol. The lowest BCUT2D eigenvalue weighted by Gasteiger charge is -2.27. The quantitative estimate of drug-likeness (QED) is 0.831. The summed E-state index contributed by atoms with van der Waals surface area (Å²) in [6.07, 6.45) is 0.116. The normalized spacial score (nSPS) is 13.0. The van der Waals surface area contributed by atoms with Crippen molar-refractivity contribution in [3.63, 3.8) is 0 Å². The summed E-state index contributed by atoms with van der Waals surface area (Å²) in [5.74, 6) is -0.775. The number of aryl methyl sites for hydroxylation is 1. The summed E-state index contributed by atoms with van der Waals surface area (Å²) < 4.78 is 0. The van der Waals surface area contributed by atoms with E-state index >= 15 is 0 Å². The van der Waals surface area contributed by atoms with Gasteiger partial charge in [-0.25, -0.2) is 4.98 Å². The maximum Gasteiger partial charge on any atom is 0.305 e. The fourth-order valence-corrected chi connectivity index (χ4v) is 2.44. The molecule has 0 amide bonds. The Morgan fingerprint density at radius 2 is 2.19 bits per heavy atom. The summed E-state index contributed by atoms with van der Waals surface area (Å²) in [5, 5.41) is 11.9. The number of nitrogens with zero attached hydrogens (tertiary/aromatic N) is 2. The molecule has 0 radical (unpaired) electrons. The first kappa shape index (κ1) is 13.1. The fourth-order valence-electron chi connectivity index (χ4n) is 1.78. The highest BCUT2D eigenvalue weighted by molar-refractivity contribution is 7.09. The Kier molecular flexibility index (Phi) is 4.89. The van der Waals surface area contributed by atoms with Crippen LogP contribution in [0.15, 0.2) is 5.38 Å². The molecule has 1 aromatic rings. The highest BCUT2D eigenvalue weighted by Crippen LogP contribution is 2.25.